The molecule has 9 nitrogen and oxygen atoms in total. The van der Waals surface area contributed by atoms with Crippen LogP contribution in [0.5, 0.6) is 5.75 Å². The largest absolute Gasteiger partial charge is 0.417 e. The Labute approximate surface area is 304 Å². The van der Waals surface area contributed by atoms with Crippen molar-refractivity contribution in [2.45, 2.75) is 60.3 Å². The summed E-state index contributed by atoms with van der Waals surface area (Å²) in [5.41, 5.74) is 9.47. The number of hydrogen-bond acceptors (Lipinski definition) is 6. The van der Waals surface area contributed by atoms with E-state index in [1.165, 1.54) is 0 Å². The van der Waals surface area contributed by atoms with Crippen LogP contribution in [0.4, 0.5) is 27.8 Å². The summed E-state index contributed by atoms with van der Waals surface area (Å²) in [5, 5.41) is 9.38. The summed E-state index contributed by atoms with van der Waals surface area (Å²) in [5.74, 6) is 0.553. The highest BCUT2D eigenvalue weighted by Crippen LogP contribution is 2.37. The monoisotopic (exact) mass is 786 g/mol. The van der Waals surface area contributed by atoms with Crippen LogP contribution in [-0.2, 0) is 32.7 Å². The second-order valence-electron chi connectivity index (χ2n) is 11.6. The molecule has 0 saturated carbocycles. The number of anilines is 4. The zero-order valence-corrected chi connectivity index (χ0v) is 31.7. The van der Waals surface area contributed by atoms with Crippen LogP contribution in [0.15, 0.2) is 75.9 Å². The van der Waals surface area contributed by atoms with Crippen molar-refractivity contribution in [3.63, 3.8) is 0 Å². The Balaban J connectivity index is 1.34. The van der Waals surface area contributed by atoms with Gasteiger partial charge in [-0.15, -0.1) is 0 Å². The normalized spacial score (nSPS) is 10.9. The number of amides is 2. The maximum atomic E-state index is 13.3. The molecule has 0 aliphatic heterocycles. The zero-order valence-electron chi connectivity index (χ0n) is 28.5. The smallest absolute Gasteiger partial charge is 0.407 e. The van der Waals surface area contributed by atoms with Gasteiger partial charge in [0.05, 0.1) is 15.9 Å². The predicted molar refractivity (Wildman–Crippen MR) is 204 cm³/mol. The van der Waals surface area contributed by atoms with Gasteiger partial charge in [-0.05, 0) is 110 Å². The number of aryl methyl sites for hydroxylation is 5. The number of nitrogens with one attached hydrogen (secondary N) is 3. The number of para-hydroxylation sites is 2. The van der Waals surface area contributed by atoms with Gasteiger partial charge in [0.2, 0.25) is 5.95 Å². The van der Waals surface area contributed by atoms with Crippen molar-refractivity contribution in [2.24, 2.45) is 7.05 Å². The van der Waals surface area contributed by atoms with E-state index in [1.54, 1.807) is 18.3 Å². The van der Waals surface area contributed by atoms with Crippen molar-refractivity contribution < 1.29 is 14.3 Å². The summed E-state index contributed by atoms with van der Waals surface area (Å²) in [6, 6.07) is 19.4. The first-order valence-electron chi connectivity index (χ1n) is 16.4. The van der Waals surface area contributed by atoms with Crippen LogP contribution < -0.4 is 20.7 Å². The van der Waals surface area contributed by atoms with Gasteiger partial charge < -0.3 is 19.9 Å². The Hall–Kier alpha value is -4.48. The molecule has 3 aromatic carbocycles. The lowest BCUT2D eigenvalue weighted by atomic mass is 10.0. The van der Waals surface area contributed by atoms with Crippen LogP contribution in [0, 0.1) is 6.92 Å². The van der Waals surface area contributed by atoms with E-state index in [0.717, 1.165) is 70.6 Å². The van der Waals surface area contributed by atoms with E-state index < -0.39 is 6.09 Å². The van der Waals surface area contributed by atoms with Gasteiger partial charge in [0.1, 0.15) is 10.3 Å². The first-order valence-corrected chi connectivity index (χ1v) is 17.9. The number of carbonyl (C=O) groups is 2. The minimum atomic E-state index is -0.578. The third kappa shape index (κ3) is 7.89. The van der Waals surface area contributed by atoms with E-state index in [-0.39, 0.29) is 5.91 Å². The molecule has 2 heterocycles. The van der Waals surface area contributed by atoms with Crippen molar-refractivity contribution in [1.82, 2.24) is 14.5 Å². The summed E-state index contributed by atoms with van der Waals surface area (Å²) >= 11 is 7.17. The van der Waals surface area contributed by atoms with Gasteiger partial charge in [-0.2, -0.15) is 0 Å². The van der Waals surface area contributed by atoms with Gasteiger partial charge in [0.25, 0.3) is 5.91 Å². The van der Waals surface area contributed by atoms with Gasteiger partial charge in [-0.1, -0.05) is 64.1 Å². The Kier molecular flexibility index (Phi) is 11.6. The van der Waals surface area contributed by atoms with Crippen LogP contribution in [0.1, 0.15) is 65.9 Å². The molecule has 5 aromatic rings. The Morgan fingerprint density at radius 1 is 0.816 bits per heavy atom. The van der Waals surface area contributed by atoms with Crippen molar-refractivity contribution in [3.05, 3.63) is 109 Å². The fourth-order valence-corrected chi connectivity index (χ4v) is 6.52. The van der Waals surface area contributed by atoms with Gasteiger partial charge in [-0.3, -0.25) is 10.1 Å². The van der Waals surface area contributed by atoms with Gasteiger partial charge in [-0.25, -0.2) is 14.8 Å². The molecule has 49 heavy (non-hydrogen) atoms. The average Bonchev–Trinajstić information content (AvgIpc) is 3.38. The van der Waals surface area contributed by atoms with Crippen LogP contribution >= 0.6 is 31.9 Å². The lowest BCUT2D eigenvalue weighted by Gasteiger charge is -2.15. The van der Waals surface area contributed by atoms with Crippen LogP contribution in [0.25, 0.3) is 11.4 Å². The van der Waals surface area contributed by atoms with Crippen LogP contribution in [-0.4, -0.2) is 26.5 Å². The molecule has 0 aliphatic carbocycles. The third-order valence-corrected chi connectivity index (χ3v) is 10.0. The number of aromatic nitrogens is 3. The molecule has 5 rings (SSSR count). The topological polar surface area (TPSA) is 110 Å². The summed E-state index contributed by atoms with van der Waals surface area (Å²) in [6.45, 7) is 10.2. The molecule has 0 fully saturated rings. The highest BCUT2D eigenvalue weighted by molar-refractivity contribution is 9.10. The fraction of sp³-hybridized carbons (Fsp3) is 0.263. The predicted octanol–water partition coefficient (Wildman–Crippen LogP) is 10.2. The number of halogens is 2. The minimum Gasteiger partial charge on any atom is -0.407 e. The summed E-state index contributed by atoms with van der Waals surface area (Å²) < 4.78 is 8.86. The lowest BCUT2D eigenvalue weighted by Crippen LogP contribution is -2.19. The van der Waals surface area contributed by atoms with E-state index in [9.17, 15) is 9.59 Å². The minimum absolute atomic E-state index is 0.159. The first kappa shape index (κ1) is 35.8. The van der Waals surface area contributed by atoms with Gasteiger partial charge >= 0.3 is 6.09 Å². The second-order valence-corrected chi connectivity index (χ2v) is 13.2. The van der Waals surface area contributed by atoms with E-state index in [2.05, 4.69) is 80.5 Å². The summed E-state index contributed by atoms with van der Waals surface area (Å²) in [7, 11) is 1.85. The molecule has 0 spiro atoms. The Bertz CT molecular complexity index is 1980. The number of ether oxygens (including phenoxy) is 1. The van der Waals surface area contributed by atoms with Crippen LogP contribution in [0.3, 0.4) is 0 Å². The molecule has 2 amide bonds. The molecule has 2 aromatic heterocycles. The summed E-state index contributed by atoms with van der Waals surface area (Å²) in [4.78, 5) is 35.6. The van der Waals surface area contributed by atoms with E-state index >= 15 is 0 Å². The number of rotatable bonds is 11. The maximum absolute atomic E-state index is 13.3. The molecule has 0 saturated heterocycles. The Morgan fingerprint density at radius 2 is 1.39 bits per heavy atom. The molecule has 0 radical (unpaired) electrons. The quantitative estimate of drug-likeness (QED) is 0.123. The average molecular weight is 789 g/mol. The SMILES string of the molecule is CCc1cccc(CC)c1NC(=O)Oc1cc(-c2nc(Nc3ccc(C(=O)Nc4c(CC)cccc4CC)cc3C)ncc2Br)n(C)c1Br. The number of hydrogen-bond donors (Lipinski definition) is 3. The third-order valence-electron chi connectivity index (χ3n) is 8.51. The highest BCUT2D eigenvalue weighted by Gasteiger charge is 2.21. The summed E-state index contributed by atoms with van der Waals surface area (Å²) in [6.07, 6.45) is 4.32. The zero-order chi connectivity index (χ0) is 35.2. The fourth-order valence-electron chi connectivity index (χ4n) is 5.74. The molecule has 0 atom stereocenters. The highest BCUT2D eigenvalue weighted by atomic mass is 79.9. The number of benzene rings is 3. The second kappa shape index (κ2) is 15.8. The molecule has 0 unspecified atom stereocenters. The van der Waals surface area contributed by atoms with Gasteiger partial charge in [0.15, 0.2) is 5.75 Å². The molecular weight excluding hydrogens is 748 g/mol. The maximum Gasteiger partial charge on any atom is 0.417 e. The van der Waals surface area contributed by atoms with E-state index in [0.29, 0.717) is 37.7 Å². The molecule has 254 valence electrons. The lowest BCUT2D eigenvalue weighted by molar-refractivity contribution is 0.102. The first-order chi connectivity index (χ1) is 23.6. The van der Waals surface area contributed by atoms with Gasteiger partial charge in [0, 0.05) is 36.2 Å². The van der Waals surface area contributed by atoms with E-state index in [1.807, 2.05) is 67.1 Å². The molecular formula is C38H40Br2N6O3. The Morgan fingerprint density at radius 3 is 1.94 bits per heavy atom. The number of nitrogens with zero attached hydrogens (tertiary/aromatic N) is 3. The molecule has 11 heteroatoms. The number of carbonyl (C=O) groups excluding carboxylic acids is 2. The van der Waals surface area contributed by atoms with Crippen LogP contribution in [0.2, 0.25) is 0 Å². The molecule has 0 bridgehead atoms. The molecule has 0 aliphatic rings. The standard InChI is InChI=1S/C38H40Br2N6O3/c1-7-23-13-11-14-24(8-2)32(23)43-36(47)27-17-18-29(22(5)19-27)42-37-41-21-28(39)34(44-37)30-20-31(35(40)46(30)6)49-38(48)45-33-25(9-3)15-12-16-26(33)10-4/h11-21H,7-10H2,1-6H3,(H,43,47)(H,45,48)(H,41,42,44). The molecule has 3 N–H and O–H groups in total. The van der Waals surface area contributed by atoms with Crippen molar-refractivity contribution >= 4 is 66.9 Å². The van der Waals surface area contributed by atoms with Crippen molar-refractivity contribution in [2.75, 3.05) is 16.0 Å². The van der Waals surface area contributed by atoms with E-state index in [4.69, 9.17) is 9.72 Å². The van der Waals surface area contributed by atoms with Crippen molar-refractivity contribution in [3.8, 4) is 17.1 Å². The van der Waals surface area contributed by atoms with Crippen molar-refractivity contribution in [1.29, 1.82) is 0 Å².